The lowest BCUT2D eigenvalue weighted by molar-refractivity contribution is -0.694. The van der Waals surface area contributed by atoms with Crippen molar-refractivity contribution in [3.05, 3.63) is 52.3 Å². The topological polar surface area (TPSA) is 90.6 Å². The third-order valence-corrected chi connectivity index (χ3v) is 4.13. The Balaban J connectivity index is 1.79. The minimum atomic E-state index is -0.715. The number of hydroxylamine groups is 1. The molecule has 0 aliphatic carbocycles. The standard InChI is InChI=1S/C16H17BrFN5O3/c1-10(24)8-26-21-16(25)15-7-22-9-19-5-12(22)6-23(15)20-14-3-2-11(17)4-13(14)18/h2-5,7,9-10,20,24H,6,8H2,1H3,(H,21,25)/p+1. The molecule has 0 saturated heterocycles. The number of halogens is 2. The zero-order valence-corrected chi connectivity index (χ0v) is 15.5. The van der Waals surface area contributed by atoms with Crippen molar-refractivity contribution in [2.24, 2.45) is 4.99 Å². The number of hydrazine groups is 1. The van der Waals surface area contributed by atoms with Crippen LogP contribution in [0.3, 0.4) is 0 Å². The average molecular weight is 427 g/mol. The minimum absolute atomic E-state index is 0.0447. The maximum atomic E-state index is 14.2. The van der Waals surface area contributed by atoms with Crippen LogP contribution in [0.25, 0.3) is 0 Å². The molecule has 8 nitrogen and oxygen atoms in total. The number of nitrogens with zero attached hydrogens (tertiary/aromatic N) is 2. The number of benzene rings is 1. The molecule has 26 heavy (non-hydrogen) atoms. The molecule has 0 radical (unpaired) electrons. The van der Waals surface area contributed by atoms with Gasteiger partial charge in [0.15, 0.2) is 17.7 Å². The molecule has 1 aromatic rings. The molecule has 2 aliphatic rings. The molecule has 10 heteroatoms. The molecule has 0 fully saturated rings. The van der Waals surface area contributed by atoms with Gasteiger partial charge in [-0.2, -0.15) is 0 Å². The molecule has 1 amide bonds. The SMILES string of the molecule is CC(O)CONC(=O)C1=C[NH+]2C=NC=C2CN1Nc1ccc(Br)cc1F. The van der Waals surface area contributed by atoms with Gasteiger partial charge in [-0.05, 0) is 25.1 Å². The first-order valence-corrected chi connectivity index (χ1v) is 8.64. The molecule has 2 unspecified atom stereocenters. The van der Waals surface area contributed by atoms with Gasteiger partial charge in [0.2, 0.25) is 0 Å². The van der Waals surface area contributed by atoms with Gasteiger partial charge in [0.05, 0.1) is 18.0 Å². The van der Waals surface area contributed by atoms with E-state index in [1.807, 2.05) is 0 Å². The number of rotatable bonds is 6. The highest BCUT2D eigenvalue weighted by molar-refractivity contribution is 9.10. The van der Waals surface area contributed by atoms with Gasteiger partial charge >= 0.3 is 0 Å². The van der Waals surface area contributed by atoms with E-state index in [4.69, 9.17) is 4.84 Å². The highest BCUT2D eigenvalue weighted by Gasteiger charge is 2.32. The molecular formula is C16H18BrFN5O3+. The fourth-order valence-corrected chi connectivity index (χ4v) is 2.73. The van der Waals surface area contributed by atoms with Gasteiger partial charge in [0.1, 0.15) is 25.2 Å². The van der Waals surface area contributed by atoms with Gasteiger partial charge in [-0.3, -0.25) is 20.1 Å². The van der Waals surface area contributed by atoms with E-state index in [-0.39, 0.29) is 18.0 Å². The van der Waals surface area contributed by atoms with Crippen LogP contribution in [0.15, 0.2) is 51.5 Å². The summed E-state index contributed by atoms with van der Waals surface area (Å²) in [5, 5.41) is 10.7. The Labute approximate surface area is 157 Å². The number of anilines is 1. The molecule has 4 N–H and O–H groups in total. The zero-order valence-electron chi connectivity index (χ0n) is 13.9. The molecule has 0 bridgehead atoms. The van der Waals surface area contributed by atoms with Crippen molar-refractivity contribution >= 4 is 33.9 Å². The van der Waals surface area contributed by atoms with Gasteiger partial charge in [0, 0.05) is 4.47 Å². The van der Waals surface area contributed by atoms with Crippen molar-refractivity contribution in [1.29, 1.82) is 0 Å². The van der Waals surface area contributed by atoms with Crippen LogP contribution >= 0.6 is 15.9 Å². The first-order valence-electron chi connectivity index (χ1n) is 7.84. The summed E-state index contributed by atoms with van der Waals surface area (Å²) in [6.07, 6.45) is 4.26. The predicted octanol–water partition coefficient (Wildman–Crippen LogP) is 0.269. The van der Waals surface area contributed by atoms with E-state index in [0.29, 0.717) is 11.0 Å². The molecule has 2 aliphatic heterocycles. The Bertz CT molecular complexity index is 796. The summed E-state index contributed by atoms with van der Waals surface area (Å²) in [5.41, 5.74) is 6.54. The van der Waals surface area contributed by atoms with Gasteiger partial charge < -0.3 is 5.11 Å². The van der Waals surface area contributed by atoms with Crippen LogP contribution in [0.2, 0.25) is 0 Å². The highest BCUT2D eigenvalue weighted by Crippen LogP contribution is 2.22. The Morgan fingerprint density at radius 3 is 3.12 bits per heavy atom. The van der Waals surface area contributed by atoms with Gasteiger partial charge in [-0.15, -0.1) is 0 Å². The number of nitrogens with one attached hydrogen (secondary N) is 3. The molecule has 0 spiro atoms. The third kappa shape index (κ3) is 4.28. The number of aliphatic hydroxyl groups excluding tert-OH is 1. The normalized spacial score (nSPS) is 19.5. The van der Waals surface area contributed by atoms with E-state index in [0.717, 1.165) is 10.6 Å². The van der Waals surface area contributed by atoms with E-state index in [1.54, 1.807) is 30.9 Å². The number of hydrogen-bond donors (Lipinski definition) is 4. The number of fused-ring (bicyclic) bond motifs is 1. The Kier molecular flexibility index (Phi) is 5.67. The first kappa shape index (κ1) is 18.5. The van der Waals surface area contributed by atoms with Crippen LogP contribution in [-0.4, -0.2) is 41.6 Å². The summed E-state index contributed by atoms with van der Waals surface area (Å²) >= 11 is 3.21. The van der Waals surface area contributed by atoms with Crippen LogP contribution in [0.4, 0.5) is 10.1 Å². The lowest BCUT2D eigenvalue weighted by Crippen LogP contribution is -3.05. The van der Waals surface area contributed by atoms with Crippen LogP contribution in [0.5, 0.6) is 0 Å². The second-order valence-corrected chi connectivity index (χ2v) is 6.75. The Morgan fingerprint density at radius 2 is 2.38 bits per heavy atom. The molecule has 138 valence electrons. The van der Waals surface area contributed by atoms with E-state index >= 15 is 0 Å². The summed E-state index contributed by atoms with van der Waals surface area (Å²) in [6, 6.07) is 4.59. The smallest absolute Gasteiger partial charge is 0.298 e. The summed E-state index contributed by atoms with van der Waals surface area (Å²) in [7, 11) is 0. The first-order chi connectivity index (χ1) is 12.4. The van der Waals surface area contributed by atoms with Gasteiger partial charge in [0.25, 0.3) is 5.91 Å². The van der Waals surface area contributed by atoms with Gasteiger partial charge in [-0.25, -0.2) is 19.8 Å². The average Bonchev–Trinajstić information content (AvgIpc) is 3.03. The van der Waals surface area contributed by atoms with Crippen LogP contribution in [0, 0.1) is 5.82 Å². The Hall–Kier alpha value is -2.27. The molecule has 0 saturated carbocycles. The summed E-state index contributed by atoms with van der Waals surface area (Å²) in [6.45, 7) is 1.82. The number of amides is 1. The Morgan fingerprint density at radius 1 is 1.58 bits per heavy atom. The molecular weight excluding hydrogens is 409 g/mol. The van der Waals surface area contributed by atoms with Crippen molar-refractivity contribution in [3.8, 4) is 0 Å². The second-order valence-electron chi connectivity index (χ2n) is 5.83. The zero-order chi connectivity index (χ0) is 18.7. The number of hydrogen-bond acceptors (Lipinski definition) is 6. The second kappa shape index (κ2) is 7.96. The lowest BCUT2D eigenvalue weighted by Gasteiger charge is -2.31. The van der Waals surface area contributed by atoms with Gasteiger partial charge in [-0.1, -0.05) is 15.9 Å². The van der Waals surface area contributed by atoms with Crippen LogP contribution < -0.4 is 15.8 Å². The molecule has 2 atom stereocenters. The lowest BCUT2D eigenvalue weighted by atomic mass is 10.2. The van der Waals surface area contributed by atoms with Crippen molar-refractivity contribution in [2.75, 3.05) is 18.6 Å². The van der Waals surface area contributed by atoms with E-state index in [2.05, 4.69) is 31.8 Å². The van der Waals surface area contributed by atoms with Crippen LogP contribution in [-0.2, 0) is 9.63 Å². The van der Waals surface area contributed by atoms with E-state index in [9.17, 15) is 14.3 Å². The number of quaternary nitrogens is 1. The van der Waals surface area contributed by atoms with Crippen LogP contribution in [0.1, 0.15) is 6.92 Å². The maximum Gasteiger partial charge on any atom is 0.298 e. The van der Waals surface area contributed by atoms with E-state index in [1.165, 1.54) is 18.0 Å². The fraction of sp³-hybridized carbons (Fsp3) is 0.250. The maximum absolute atomic E-state index is 14.2. The van der Waals surface area contributed by atoms with Crippen molar-refractivity contribution in [2.45, 2.75) is 13.0 Å². The summed E-state index contributed by atoms with van der Waals surface area (Å²) in [5.74, 6) is -0.988. The third-order valence-electron chi connectivity index (χ3n) is 3.63. The molecule has 3 rings (SSSR count). The summed E-state index contributed by atoms with van der Waals surface area (Å²) < 4.78 is 14.8. The quantitative estimate of drug-likeness (QED) is 0.490. The predicted molar refractivity (Wildman–Crippen MR) is 95.8 cm³/mol. The van der Waals surface area contributed by atoms with Crippen molar-refractivity contribution < 1.29 is 24.0 Å². The van der Waals surface area contributed by atoms with Crippen molar-refractivity contribution in [1.82, 2.24) is 10.5 Å². The largest absolute Gasteiger partial charge is 0.391 e. The van der Waals surface area contributed by atoms with Crippen molar-refractivity contribution in [3.63, 3.8) is 0 Å². The molecule has 1 aromatic carbocycles. The number of carbonyl (C=O) groups is 1. The summed E-state index contributed by atoms with van der Waals surface area (Å²) in [4.78, 5) is 22.3. The minimum Gasteiger partial charge on any atom is -0.391 e. The fourth-order valence-electron chi connectivity index (χ4n) is 2.40. The molecule has 0 aromatic heterocycles. The van der Waals surface area contributed by atoms with E-state index < -0.39 is 17.8 Å². The number of aliphatic imine (C=N–C) groups is 1. The monoisotopic (exact) mass is 426 g/mol. The number of aliphatic hydroxyl groups is 1. The highest BCUT2D eigenvalue weighted by atomic mass is 79.9. The molecule has 2 heterocycles. The number of carbonyl (C=O) groups excluding carboxylic acids is 1.